The molecule has 2 heterocycles. The molecular formula is C22H30N2O3S. The topological polar surface area (TPSA) is 60.5 Å². The normalized spacial score (nSPS) is 14.5. The molecule has 6 heteroatoms. The van der Waals surface area contributed by atoms with Crippen molar-refractivity contribution in [1.82, 2.24) is 4.98 Å². The lowest BCUT2D eigenvalue weighted by atomic mass is 9.98. The number of rotatable bonds is 8. The molecule has 1 aliphatic rings. The van der Waals surface area contributed by atoms with E-state index in [1.165, 1.54) is 0 Å². The third kappa shape index (κ3) is 4.49. The Morgan fingerprint density at radius 2 is 2.07 bits per heavy atom. The van der Waals surface area contributed by atoms with Crippen molar-refractivity contribution < 1.29 is 14.3 Å². The van der Waals surface area contributed by atoms with Gasteiger partial charge in [-0.2, -0.15) is 0 Å². The molecule has 1 aromatic heterocycles. The Kier molecular flexibility index (Phi) is 6.28. The zero-order valence-corrected chi connectivity index (χ0v) is 18.3. The highest BCUT2D eigenvalue weighted by molar-refractivity contribution is 7.16. The van der Waals surface area contributed by atoms with Gasteiger partial charge in [-0.25, -0.2) is 4.98 Å². The third-order valence-corrected chi connectivity index (χ3v) is 5.72. The van der Waals surface area contributed by atoms with Gasteiger partial charge in [-0.3, -0.25) is 4.79 Å². The van der Waals surface area contributed by atoms with Crippen LogP contribution in [0.15, 0.2) is 12.1 Å². The molecule has 0 fully saturated rings. The minimum Gasteiger partial charge on any atom is -0.490 e. The first-order chi connectivity index (χ1) is 13.4. The lowest BCUT2D eigenvalue weighted by molar-refractivity contribution is -0.116. The van der Waals surface area contributed by atoms with E-state index in [1.807, 2.05) is 13.0 Å². The standard InChI is InChI=1S/C22H30N2O3S/c1-6-9-18(25)23-21-24-19(17(8-3)28-21)14-11-15-13-22(4,5)27-20(15)16(12-14)26-10-7-2/h11-12H,6-10,13H2,1-5H3,(H,23,24,25). The number of nitrogens with one attached hydrogen (secondary N) is 1. The molecule has 1 aliphatic heterocycles. The van der Waals surface area contributed by atoms with Gasteiger partial charge in [0.05, 0.1) is 12.3 Å². The first-order valence-electron chi connectivity index (χ1n) is 10.2. The molecular weight excluding hydrogens is 372 g/mol. The minimum atomic E-state index is -0.236. The van der Waals surface area contributed by atoms with Crippen LogP contribution in [0.2, 0.25) is 0 Å². The van der Waals surface area contributed by atoms with Gasteiger partial charge in [0.1, 0.15) is 5.60 Å². The van der Waals surface area contributed by atoms with Crippen molar-refractivity contribution in [2.45, 2.75) is 72.3 Å². The lowest BCUT2D eigenvalue weighted by Gasteiger charge is -2.18. The number of benzene rings is 1. The van der Waals surface area contributed by atoms with Crippen molar-refractivity contribution in [3.8, 4) is 22.8 Å². The van der Waals surface area contributed by atoms with Crippen LogP contribution in [0.3, 0.4) is 0 Å². The molecule has 0 spiro atoms. The van der Waals surface area contributed by atoms with Crippen LogP contribution >= 0.6 is 11.3 Å². The summed E-state index contributed by atoms with van der Waals surface area (Å²) in [5.74, 6) is 1.65. The number of hydrogen-bond acceptors (Lipinski definition) is 5. The van der Waals surface area contributed by atoms with Gasteiger partial charge >= 0.3 is 0 Å². The van der Waals surface area contributed by atoms with Crippen LogP contribution < -0.4 is 14.8 Å². The summed E-state index contributed by atoms with van der Waals surface area (Å²) in [6.45, 7) is 11.0. The zero-order chi connectivity index (χ0) is 20.3. The number of anilines is 1. The molecule has 0 aliphatic carbocycles. The maximum Gasteiger partial charge on any atom is 0.226 e. The Morgan fingerprint density at radius 1 is 1.29 bits per heavy atom. The van der Waals surface area contributed by atoms with Crippen molar-refractivity contribution in [3.63, 3.8) is 0 Å². The van der Waals surface area contributed by atoms with Gasteiger partial charge in [0.2, 0.25) is 5.91 Å². The predicted octanol–water partition coefficient (Wildman–Crippen LogP) is 5.61. The summed E-state index contributed by atoms with van der Waals surface area (Å²) in [7, 11) is 0. The zero-order valence-electron chi connectivity index (χ0n) is 17.5. The van der Waals surface area contributed by atoms with Gasteiger partial charge in [0.25, 0.3) is 0 Å². The quantitative estimate of drug-likeness (QED) is 0.623. The number of nitrogens with zero attached hydrogens (tertiary/aromatic N) is 1. The SMILES string of the molecule is CCCOc1cc(-c2nc(NC(=O)CCC)sc2CC)cc2c1OC(C)(C)C2. The third-order valence-electron chi connectivity index (χ3n) is 4.60. The monoisotopic (exact) mass is 402 g/mol. The minimum absolute atomic E-state index is 0.0153. The molecule has 3 rings (SSSR count). The highest BCUT2D eigenvalue weighted by Gasteiger charge is 2.33. The molecule has 1 N–H and O–H groups in total. The highest BCUT2D eigenvalue weighted by Crippen LogP contribution is 2.45. The Labute approximate surface area is 171 Å². The summed E-state index contributed by atoms with van der Waals surface area (Å²) in [5.41, 5.74) is 2.86. The summed E-state index contributed by atoms with van der Waals surface area (Å²) in [4.78, 5) is 17.9. The van der Waals surface area contributed by atoms with Crippen LogP contribution in [0.5, 0.6) is 11.5 Å². The summed E-state index contributed by atoms with van der Waals surface area (Å²) in [6.07, 6.45) is 3.97. The van der Waals surface area contributed by atoms with Crippen molar-refractivity contribution in [2.24, 2.45) is 0 Å². The molecule has 2 aromatic rings. The molecule has 152 valence electrons. The summed E-state index contributed by atoms with van der Waals surface area (Å²) >= 11 is 1.55. The average Bonchev–Trinajstić information content (AvgIpc) is 3.18. The molecule has 1 amide bonds. The van der Waals surface area contributed by atoms with Crippen molar-refractivity contribution in [3.05, 3.63) is 22.6 Å². The van der Waals surface area contributed by atoms with E-state index in [-0.39, 0.29) is 11.5 Å². The number of hydrogen-bond donors (Lipinski definition) is 1. The second-order valence-corrected chi connectivity index (χ2v) is 8.88. The average molecular weight is 403 g/mol. The van der Waals surface area contributed by atoms with Crippen LogP contribution in [0, 0.1) is 0 Å². The van der Waals surface area contributed by atoms with Crippen LogP contribution in [0.25, 0.3) is 11.3 Å². The van der Waals surface area contributed by atoms with Crippen molar-refractivity contribution >= 4 is 22.4 Å². The smallest absolute Gasteiger partial charge is 0.226 e. The fourth-order valence-electron chi connectivity index (χ4n) is 3.41. The Morgan fingerprint density at radius 3 is 2.75 bits per heavy atom. The first kappa shape index (κ1) is 20.6. The van der Waals surface area contributed by atoms with Crippen molar-refractivity contribution in [2.75, 3.05) is 11.9 Å². The van der Waals surface area contributed by atoms with Gasteiger partial charge < -0.3 is 14.8 Å². The Balaban J connectivity index is 1.99. The largest absolute Gasteiger partial charge is 0.490 e. The maximum atomic E-state index is 12.0. The van der Waals surface area contributed by atoms with Crippen LogP contribution in [0.4, 0.5) is 5.13 Å². The molecule has 0 radical (unpaired) electrons. The summed E-state index contributed by atoms with van der Waals surface area (Å²) < 4.78 is 12.2. The molecule has 0 saturated heterocycles. The van der Waals surface area contributed by atoms with Crippen LogP contribution in [0.1, 0.15) is 64.3 Å². The molecule has 0 atom stereocenters. The van der Waals surface area contributed by atoms with Crippen LogP contribution in [-0.2, 0) is 17.6 Å². The predicted molar refractivity (Wildman–Crippen MR) is 115 cm³/mol. The van der Waals surface area contributed by atoms with Crippen molar-refractivity contribution in [1.29, 1.82) is 0 Å². The fourth-order valence-corrected chi connectivity index (χ4v) is 4.35. The fraction of sp³-hybridized carbons (Fsp3) is 0.545. The van der Waals surface area contributed by atoms with E-state index in [2.05, 4.69) is 39.1 Å². The Hall–Kier alpha value is -2.08. The number of fused-ring (bicyclic) bond motifs is 1. The molecule has 0 saturated carbocycles. The number of thiazole rings is 1. The first-order valence-corrected chi connectivity index (χ1v) is 11.0. The lowest BCUT2D eigenvalue weighted by Crippen LogP contribution is -2.24. The van der Waals surface area contributed by atoms with E-state index in [9.17, 15) is 4.79 Å². The van der Waals surface area contributed by atoms with Gasteiger partial charge in [0, 0.05) is 28.8 Å². The van der Waals surface area contributed by atoms with E-state index in [4.69, 9.17) is 14.5 Å². The van der Waals surface area contributed by atoms with Gasteiger partial charge in [-0.1, -0.05) is 20.8 Å². The number of aryl methyl sites for hydroxylation is 1. The summed E-state index contributed by atoms with van der Waals surface area (Å²) in [5, 5.41) is 3.60. The maximum absolute atomic E-state index is 12.0. The number of carbonyl (C=O) groups excluding carboxylic acids is 1. The summed E-state index contributed by atoms with van der Waals surface area (Å²) in [6, 6.07) is 4.19. The van der Waals surface area contributed by atoms with E-state index in [1.54, 1.807) is 11.3 Å². The van der Waals surface area contributed by atoms with E-state index in [0.29, 0.717) is 18.2 Å². The van der Waals surface area contributed by atoms with Gasteiger partial charge in [0.15, 0.2) is 16.6 Å². The highest BCUT2D eigenvalue weighted by atomic mass is 32.1. The number of amides is 1. The second-order valence-electron chi connectivity index (χ2n) is 7.79. The van der Waals surface area contributed by atoms with Gasteiger partial charge in [-0.15, -0.1) is 11.3 Å². The number of aromatic nitrogens is 1. The van der Waals surface area contributed by atoms with Crippen LogP contribution in [-0.4, -0.2) is 23.1 Å². The molecule has 0 unspecified atom stereocenters. The van der Waals surface area contributed by atoms with E-state index >= 15 is 0 Å². The van der Waals surface area contributed by atoms with E-state index in [0.717, 1.165) is 58.9 Å². The molecule has 28 heavy (non-hydrogen) atoms. The molecule has 0 bridgehead atoms. The molecule has 1 aromatic carbocycles. The van der Waals surface area contributed by atoms with Gasteiger partial charge in [-0.05, 0) is 45.2 Å². The second kappa shape index (κ2) is 8.52. The number of carbonyl (C=O) groups is 1. The Bertz CT molecular complexity index is 858. The number of ether oxygens (including phenoxy) is 2. The van der Waals surface area contributed by atoms with E-state index < -0.39 is 0 Å². The molecule has 5 nitrogen and oxygen atoms in total.